The first kappa shape index (κ1) is 18.6. The predicted molar refractivity (Wildman–Crippen MR) is 100 cm³/mol. The van der Waals surface area contributed by atoms with Crippen molar-refractivity contribution in [1.82, 2.24) is 9.88 Å². The summed E-state index contributed by atoms with van der Waals surface area (Å²) < 4.78 is 5.86. The fraction of sp³-hybridized carbons (Fsp3) is 0.667. The molecule has 1 N–H and O–H groups in total. The molecule has 0 amide bonds. The van der Waals surface area contributed by atoms with Gasteiger partial charge >= 0.3 is 0 Å². The van der Waals surface area contributed by atoms with E-state index in [1.165, 1.54) is 24.0 Å². The third-order valence-corrected chi connectivity index (χ3v) is 6.23. The summed E-state index contributed by atoms with van der Waals surface area (Å²) in [6, 6.07) is 4.05. The Morgan fingerprint density at radius 1 is 1.36 bits per heavy atom. The first-order valence-corrected chi connectivity index (χ1v) is 9.56. The summed E-state index contributed by atoms with van der Waals surface area (Å²) in [4.78, 5) is 6.29. The number of aliphatic hydroxyl groups is 1. The molecular weight excluding hydrogens is 312 g/mol. The minimum absolute atomic E-state index is 0.404. The Bertz CT molecular complexity index is 585. The third kappa shape index (κ3) is 4.30. The van der Waals surface area contributed by atoms with Gasteiger partial charge in [0.05, 0.1) is 19.3 Å². The molecule has 1 heterocycles. The number of fused-ring (bicyclic) bond motifs is 1. The zero-order valence-corrected chi connectivity index (χ0v) is 15.8. The van der Waals surface area contributed by atoms with Crippen LogP contribution in [0.3, 0.4) is 0 Å². The molecule has 3 aliphatic carbocycles. The molecule has 4 rings (SSSR count). The van der Waals surface area contributed by atoms with Crippen LogP contribution in [0.15, 0.2) is 36.2 Å². The van der Waals surface area contributed by atoms with Crippen LogP contribution in [-0.2, 0) is 11.3 Å². The van der Waals surface area contributed by atoms with Crippen LogP contribution < -0.4 is 0 Å². The largest absolute Gasteiger partial charge is 0.389 e. The number of allylic oxidation sites excluding steroid dienone is 1. The Morgan fingerprint density at radius 2 is 2.12 bits per heavy atom. The van der Waals surface area contributed by atoms with Crippen LogP contribution >= 0.6 is 0 Å². The molecule has 1 aromatic rings. The molecule has 3 atom stereocenters. The molecule has 0 unspecified atom stereocenters. The van der Waals surface area contributed by atoms with Crippen molar-refractivity contribution in [2.75, 3.05) is 26.3 Å². The van der Waals surface area contributed by atoms with Gasteiger partial charge in [-0.2, -0.15) is 0 Å². The smallest absolute Gasteiger partial charge is 0.0900 e. The lowest BCUT2D eigenvalue weighted by molar-refractivity contribution is -0.0262. The average Bonchev–Trinajstić information content (AvgIpc) is 2.62. The van der Waals surface area contributed by atoms with E-state index >= 15 is 0 Å². The van der Waals surface area contributed by atoms with Crippen molar-refractivity contribution in [1.29, 1.82) is 0 Å². The molecule has 0 aliphatic heterocycles. The van der Waals surface area contributed by atoms with Gasteiger partial charge in [-0.1, -0.05) is 26.8 Å². The molecule has 138 valence electrons. The SMILES string of the molecule is CCN(Cc1ccncc1)C[C@H](O)COCC1=CC[C@@H]2C[C@@H]1C2(C)C. The van der Waals surface area contributed by atoms with Gasteiger partial charge in [-0.15, -0.1) is 0 Å². The van der Waals surface area contributed by atoms with Crippen LogP contribution in [0.1, 0.15) is 39.2 Å². The Labute approximate surface area is 151 Å². The number of hydrogen-bond acceptors (Lipinski definition) is 4. The first-order chi connectivity index (χ1) is 12.0. The minimum Gasteiger partial charge on any atom is -0.389 e. The minimum atomic E-state index is -0.451. The molecule has 0 aromatic carbocycles. The van der Waals surface area contributed by atoms with Gasteiger partial charge in [0.1, 0.15) is 0 Å². The zero-order chi connectivity index (χ0) is 17.9. The number of hydrogen-bond donors (Lipinski definition) is 1. The van der Waals surface area contributed by atoms with Crippen molar-refractivity contribution in [3.63, 3.8) is 0 Å². The number of likely N-dealkylation sites (N-methyl/N-ethyl adjacent to an activating group) is 1. The molecule has 4 nitrogen and oxygen atoms in total. The van der Waals surface area contributed by atoms with Gasteiger partial charge < -0.3 is 9.84 Å². The fourth-order valence-electron chi connectivity index (χ4n) is 4.36. The summed E-state index contributed by atoms with van der Waals surface area (Å²) >= 11 is 0. The zero-order valence-electron chi connectivity index (χ0n) is 15.8. The highest BCUT2D eigenvalue weighted by Crippen LogP contribution is 2.59. The molecule has 1 aromatic heterocycles. The third-order valence-electron chi connectivity index (χ3n) is 6.23. The Kier molecular flexibility index (Phi) is 5.92. The number of nitrogens with zero attached hydrogens (tertiary/aromatic N) is 2. The number of ether oxygens (including phenoxy) is 1. The highest BCUT2D eigenvalue weighted by atomic mass is 16.5. The Hall–Kier alpha value is -1.23. The maximum atomic E-state index is 10.3. The summed E-state index contributed by atoms with van der Waals surface area (Å²) in [6.07, 6.45) is 8.06. The maximum Gasteiger partial charge on any atom is 0.0900 e. The van der Waals surface area contributed by atoms with Crippen LogP contribution in [0, 0.1) is 17.3 Å². The second-order valence-corrected chi connectivity index (χ2v) is 8.17. The molecule has 4 heteroatoms. The second kappa shape index (κ2) is 7.98. The quantitative estimate of drug-likeness (QED) is 0.699. The van der Waals surface area contributed by atoms with E-state index < -0.39 is 6.10 Å². The summed E-state index contributed by atoms with van der Waals surface area (Å²) in [7, 11) is 0. The van der Waals surface area contributed by atoms with Crippen LogP contribution in [0.2, 0.25) is 0 Å². The van der Waals surface area contributed by atoms with E-state index in [1.54, 1.807) is 0 Å². The van der Waals surface area contributed by atoms with E-state index in [4.69, 9.17) is 4.74 Å². The summed E-state index contributed by atoms with van der Waals surface area (Å²) in [6.45, 7) is 10.3. The highest BCUT2D eigenvalue weighted by molar-refractivity contribution is 5.23. The molecule has 1 saturated carbocycles. The Morgan fingerprint density at radius 3 is 2.76 bits per heavy atom. The summed E-state index contributed by atoms with van der Waals surface area (Å²) in [5, 5.41) is 10.3. The lowest BCUT2D eigenvalue weighted by Gasteiger charge is -2.56. The van der Waals surface area contributed by atoms with Gasteiger partial charge in [-0.25, -0.2) is 0 Å². The molecule has 0 saturated heterocycles. The van der Waals surface area contributed by atoms with Crippen molar-refractivity contribution in [3.8, 4) is 0 Å². The topological polar surface area (TPSA) is 45.6 Å². The van der Waals surface area contributed by atoms with Crippen molar-refractivity contribution in [2.45, 2.75) is 46.3 Å². The lowest BCUT2D eigenvalue weighted by Crippen LogP contribution is -2.48. The van der Waals surface area contributed by atoms with Crippen LogP contribution in [0.25, 0.3) is 0 Å². The van der Waals surface area contributed by atoms with E-state index in [9.17, 15) is 5.11 Å². The molecule has 25 heavy (non-hydrogen) atoms. The van der Waals surface area contributed by atoms with Crippen molar-refractivity contribution < 1.29 is 9.84 Å². The number of pyridine rings is 1. The van der Waals surface area contributed by atoms with Crippen LogP contribution in [0.5, 0.6) is 0 Å². The van der Waals surface area contributed by atoms with Gasteiger partial charge in [-0.05, 0) is 59.9 Å². The van der Waals surface area contributed by atoms with Crippen LogP contribution in [-0.4, -0.2) is 47.4 Å². The van der Waals surface area contributed by atoms with E-state index in [0.29, 0.717) is 31.1 Å². The number of rotatable bonds is 9. The predicted octanol–water partition coefficient (Wildman–Crippen LogP) is 3.27. The van der Waals surface area contributed by atoms with Gasteiger partial charge in [0.2, 0.25) is 0 Å². The molecular formula is C21H32N2O2. The highest BCUT2D eigenvalue weighted by Gasteiger charge is 2.50. The molecule has 0 spiro atoms. The van der Waals surface area contributed by atoms with Crippen LogP contribution in [0.4, 0.5) is 0 Å². The maximum absolute atomic E-state index is 10.3. The lowest BCUT2D eigenvalue weighted by atomic mass is 9.49. The summed E-state index contributed by atoms with van der Waals surface area (Å²) in [5.41, 5.74) is 3.11. The Balaban J connectivity index is 1.40. The van der Waals surface area contributed by atoms with E-state index in [0.717, 1.165) is 19.0 Å². The molecule has 3 aliphatic rings. The molecule has 2 bridgehead atoms. The van der Waals surface area contributed by atoms with Crippen molar-refractivity contribution >= 4 is 0 Å². The van der Waals surface area contributed by atoms with E-state index in [2.05, 4.69) is 36.7 Å². The van der Waals surface area contributed by atoms with E-state index in [1.807, 2.05) is 24.5 Å². The summed E-state index contributed by atoms with van der Waals surface area (Å²) in [5.74, 6) is 1.54. The first-order valence-electron chi connectivity index (χ1n) is 9.56. The van der Waals surface area contributed by atoms with Gasteiger partial charge in [0, 0.05) is 25.5 Å². The van der Waals surface area contributed by atoms with Gasteiger partial charge in [0.15, 0.2) is 0 Å². The molecule has 0 radical (unpaired) electrons. The second-order valence-electron chi connectivity index (χ2n) is 8.17. The average molecular weight is 344 g/mol. The standard InChI is InChI=1S/C21H32N2O2/c1-4-23(12-16-7-9-22-10-8-16)13-19(24)15-25-14-17-5-6-18-11-20(17)21(18,2)3/h5,7-10,18-20,24H,4,6,11-15H2,1-3H3/t18-,19+,20+/m1/s1. The van der Waals surface area contributed by atoms with Crippen molar-refractivity contribution in [3.05, 3.63) is 41.7 Å². The number of aliphatic hydroxyl groups excluding tert-OH is 1. The fourth-order valence-corrected chi connectivity index (χ4v) is 4.36. The van der Waals surface area contributed by atoms with Crippen molar-refractivity contribution in [2.24, 2.45) is 17.3 Å². The number of aromatic nitrogens is 1. The normalized spacial score (nSPS) is 25.4. The monoisotopic (exact) mass is 344 g/mol. The van der Waals surface area contributed by atoms with E-state index in [-0.39, 0.29) is 0 Å². The molecule has 1 fully saturated rings. The van der Waals surface area contributed by atoms with Gasteiger partial charge in [-0.3, -0.25) is 9.88 Å². The van der Waals surface area contributed by atoms with Gasteiger partial charge in [0.25, 0.3) is 0 Å².